The second kappa shape index (κ2) is 18.6. The summed E-state index contributed by atoms with van der Waals surface area (Å²) >= 11 is 0. The van der Waals surface area contributed by atoms with Crippen LogP contribution < -0.4 is 36.5 Å². The molecular formula is C32H46N8O5. The van der Waals surface area contributed by atoms with Crippen molar-refractivity contribution < 1.29 is 23.7 Å². The molecule has 1 aromatic heterocycles. The molecule has 45 heavy (non-hydrogen) atoms. The second-order valence-electron chi connectivity index (χ2n) is 10.6. The molecule has 3 aromatic rings. The van der Waals surface area contributed by atoms with E-state index in [0.717, 1.165) is 24.0 Å². The Bertz CT molecular complexity index is 1320. The smallest absolute Gasteiger partial charge is 0.251 e. The first kappa shape index (κ1) is 33.7. The van der Waals surface area contributed by atoms with E-state index in [-0.39, 0.29) is 5.91 Å². The zero-order chi connectivity index (χ0) is 31.7. The lowest BCUT2D eigenvalue weighted by Crippen LogP contribution is -2.27. The van der Waals surface area contributed by atoms with Gasteiger partial charge in [-0.2, -0.15) is 15.0 Å². The molecule has 13 heteroatoms. The summed E-state index contributed by atoms with van der Waals surface area (Å²) in [5.41, 5.74) is 7.84. The normalized spacial score (nSPS) is 13.2. The number of nitrogens with one attached hydrogen (secondary N) is 4. The van der Waals surface area contributed by atoms with Crippen LogP contribution in [0.3, 0.4) is 0 Å². The maximum Gasteiger partial charge on any atom is 0.251 e. The quantitative estimate of drug-likeness (QED) is 0.124. The predicted octanol–water partition coefficient (Wildman–Crippen LogP) is 3.58. The Morgan fingerprint density at radius 3 is 2.20 bits per heavy atom. The van der Waals surface area contributed by atoms with Crippen LogP contribution in [0, 0.1) is 0 Å². The molecular weight excluding hydrogens is 576 g/mol. The molecule has 4 rings (SSSR count). The monoisotopic (exact) mass is 622 g/mol. The third kappa shape index (κ3) is 11.0. The minimum Gasteiger partial charge on any atom is -0.493 e. The zero-order valence-electron chi connectivity index (χ0n) is 26.3. The maximum absolute atomic E-state index is 12.5. The van der Waals surface area contributed by atoms with Gasteiger partial charge in [0.25, 0.3) is 5.91 Å². The molecule has 0 aliphatic heterocycles. The minimum absolute atomic E-state index is 0.156. The number of ether oxygens (including phenoxy) is 4. The number of methoxy groups -OCH3 is 2. The standard InChI is InChI=1S/C32H46N8O5/c1-42-27-10-6-7-25(28(27)43-2)22-36-31-38-30(39-32(40-31)37-26-8-4-3-5-9-26)35-21-23-11-13-24(14-12-23)29(41)34-16-18-45-20-19-44-17-15-33/h6-7,10-14,26H,3-5,8-9,15-22,33H2,1-2H3,(H,34,41)(H3,35,36,37,38,39,40). The van der Waals surface area contributed by atoms with Gasteiger partial charge in [-0.15, -0.1) is 0 Å². The van der Waals surface area contributed by atoms with E-state index < -0.39 is 0 Å². The number of carbonyl (C=O) groups is 1. The molecule has 0 radical (unpaired) electrons. The third-order valence-corrected chi connectivity index (χ3v) is 7.33. The van der Waals surface area contributed by atoms with Gasteiger partial charge in [-0.1, -0.05) is 43.5 Å². The van der Waals surface area contributed by atoms with E-state index in [1.807, 2.05) is 30.3 Å². The summed E-state index contributed by atoms with van der Waals surface area (Å²) < 4.78 is 21.7. The van der Waals surface area contributed by atoms with E-state index in [1.165, 1.54) is 19.3 Å². The Morgan fingerprint density at radius 1 is 0.822 bits per heavy atom. The van der Waals surface area contributed by atoms with E-state index in [4.69, 9.17) is 24.7 Å². The predicted molar refractivity (Wildman–Crippen MR) is 174 cm³/mol. The highest BCUT2D eigenvalue weighted by Crippen LogP contribution is 2.31. The summed E-state index contributed by atoms with van der Waals surface area (Å²) in [5.74, 6) is 2.58. The van der Waals surface area contributed by atoms with Crippen molar-refractivity contribution in [1.29, 1.82) is 0 Å². The Morgan fingerprint density at radius 2 is 1.51 bits per heavy atom. The number of hydrogen-bond acceptors (Lipinski definition) is 12. The number of amides is 1. The average molecular weight is 623 g/mol. The Hall–Kier alpha value is -4.20. The molecule has 1 saturated carbocycles. The van der Waals surface area contributed by atoms with Gasteiger partial charge in [-0.25, -0.2) is 0 Å². The van der Waals surface area contributed by atoms with Crippen molar-refractivity contribution in [2.24, 2.45) is 5.73 Å². The van der Waals surface area contributed by atoms with Crippen LogP contribution in [0.15, 0.2) is 42.5 Å². The molecule has 0 unspecified atom stereocenters. The number of carbonyl (C=O) groups excluding carboxylic acids is 1. The first-order chi connectivity index (χ1) is 22.1. The van der Waals surface area contributed by atoms with Gasteiger partial charge in [-0.3, -0.25) is 4.79 Å². The Labute approximate surface area is 265 Å². The molecule has 1 amide bonds. The lowest BCUT2D eigenvalue weighted by molar-refractivity contribution is 0.0511. The van der Waals surface area contributed by atoms with Crippen molar-refractivity contribution in [3.05, 3.63) is 59.2 Å². The summed E-state index contributed by atoms with van der Waals surface area (Å²) in [6, 6.07) is 13.5. The molecule has 244 valence electrons. The first-order valence-electron chi connectivity index (χ1n) is 15.5. The highest BCUT2D eigenvalue weighted by atomic mass is 16.5. The number of hydrogen-bond donors (Lipinski definition) is 5. The first-order valence-corrected chi connectivity index (χ1v) is 15.5. The van der Waals surface area contributed by atoms with Crippen molar-refractivity contribution in [2.75, 3.05) is 69.7 Å². The number of rotatable bonds is 19. The largest absolute Gasteiger partial charge is 0.493 e. The molecule has 0 spiro atoms. The van der Waals surface area contributed by atoms with E-state index in [2.05, 4.69) is 36.2 Å². The zero-order valence-corrected chi connectivity index (χ0v) is 26.3. The third-order valence-electron chi connectivity index (χ3n) is 7.33. The van der Waals surface area contributed by atoms with Gasteiger partial charge in [-0.05, 0) is 36.6 Å². The average Bonchev–Trinajstić information content (AvgIpc) is 3.07. The van der Waals surface area contributed by atoms with Gasteiger partial charge in [0.1, 0.15) is 0 Å². The number of benzene rings is 2. The molecule has 0 bridgehead atoms. The van der Waals surface area contributed by atoms with Crippen molar-refractivity contribution in [3.8, 4) is 11.5 Å². The minimum atomic E-state index is -0.156. The Kier molecular flexibility index (Phi) is 13.9. The maximum atomic E-state index is 12.5. The van der Waals surface area contributed by atoms with Gasteiger partial charge in [0.15, 0.2) is 11.5 Å². The SMILES string of the molecule is COc1cccc(CNc2nc(NCc3ccc(C(=O)NCCOCCOCCN)cc3)nc(NC3CCCCC3)n2)c1OC. The van der Waals surface area contributed by atoms with Crippen molar-refractivity contribution in [2.45, 2.75) is 51.2 Å². The summed E-state index contributed by atoms with van der Waals surface area (Å²) in [4.78, 5) is 26.4. The molecule has 13 nitrogen and oxygen atoms in total. The molecule has 1 heterocycles. The van der Waals surface area contributed by atoms with Gasteiger partial charge >= 0.3 is 0 Å². The molecule has 2 aromatic carbocycles. The van der Waals surface area contributed by atoms with Crippen molar-refractivity contribution >= 4 is 23.8 Å². The number of aromatic nitrogens is 3. The molecule has 1 aliphatic rings. The fourth-order valence-electron chi connectivity index (χ4n) is 4.99. The van der Waals surface area contributed by atoms with Crippen LogP contribution in [0.2, 0.25) is 0 Å². The molecule has 1 fully saturated rings. The van der Waals surface area contributed by atoms with Crippen LogP contribution in [-0.4, -0.2) is 80.6 Å². The van der Waals surface area contributed by atoms with Crippen LogP contribution in [0.5, 0.6) is 11.5 Å². The fourth-order valence-corrected chi connectivity index (χ4v) is 4.99. The van der Waals surface area contributed by atoms with Gasteiger partial charge in [0.2, 0.25) is 17.8 Å². The molecule has 0 saturated heterocycles. The Balaban J connectivity index is 1.34. The van der Waals surface area contributed by atoms with Gasteiger partial charge < -0.3 is 45.9 Å². The van der Waals surface area contributed by atoms with Crippen LogP contribution in [0.1, 0.15) is 53.6 Å². The van der Waals surface area contributed by atoms with Crippen LogP contribution >= 0.6 is 0 Å². The summed E-state index contributed by atoms with van der Waals surface area (Å²) in [6.45, 7) is 3.68. The van der Waals surface area contributed by atoms with E-state index in [0.29, 0.717) is 93.6 Å². The van der Waals surface area contributed by atoms with Crippen molar-refractivity contribution in [1.82, 2.24) is 20.3 Å². The van der Waals surface area contributed by atoms with Crippen LogP contribution in [-0.2, 0) is 22.6 Å². The number of nitrogens with zero attached hydrogens (tertiary/aromatic N) is 3. The van der Waals surface area contributed by atoms with Gasteiger partial charge in [0.05, 0.1) is 40.6 Å². The van der Waals surface area contributed by atoms with E-state index in [9.17, 15) is 4.79 Å². The number of nitrogens with two attached hydrogens (primary N) is 1. The second-order valence-corrected chi connectivity index (χ2v) is 10.6. The van der Waals surface area contributed by atoms with E-state index >= 15 is 0 Å². The van der Waals surface area contributed by atoms with Crippen LogP contribution in [0.25, 0.3) is 0 Å². The number of para-hydroxylation sites is 1. The lowest BCUT2D eigenvalue weighted by Gasteiger charge is -2.23. The fraction of sp³-hybridized carbons (Fsp3) is 0.500. The highest BCUT2D eigenvalue weighted by molar-refractivity contribution is 5.94. The molecule has 6 N–H and O–H groups in total. The number of anilines is 3. The van der Waals surface area contributed by atoms with Crippen molar-refractivity contribution in [3.63, 3.8) is 0 Å². The topological polar surface area (TPSA) is 167 Å². The highest BCUT2D eigenvalue weighted by Gasteiger charge is 2.16. The summed E-state index contributed by atoms with van der Waals surface area (Å²) in [5, 5.41) is 13.0. The molecule has 0 atom stereocenters. The van der Waals surface area contributed by atoms with Crippen LogP contribution in [0.4, 0.5) is 17.8 Å². The van der Waals surface area contributed by atoms with E-state index in [1.54, 1.807) is 26.4 Å². The molecule has 1 aliphatic carbocycles. The van der Waals surface area contributed by atoms with Gasteiger partial charge in [0, 0.05) is 43.3 Å². The summed E-state index contributed by atoms with van der Waals surface area (Å²) in [6.07, 6.45) is 5.84. The lowest BCUT2D eigenvalue weighted by atomic mass is 9.96. The summed E-state index contributed by atoms with van der Waals surface area (Å²) in [7, 11) is 3.24.